The SMILES string of the molecule is COc1cc(CNCC(=O)O)cc(Br)c1OCc1cccc(C)c1. The van der Waals surface area contributed by atoms with Gasteiger partial charge >= 0.3 is 5.97 Å². The maximum Gasteiger partial charge on any atom is 0.317 e. The highest BCUT2D eigenvalue weighted by Crippen LogP contribution is 2.37. The van der Waals surface area contributed by atoms with Gasteiger partial charge < -0.3 is 19.9 Å². The quantitative estimate of drug-likeness (QED) is 0.717. The average molecular weight is 394 g/mol. The summed E-state index contributed by atoms with van der Waals surface area (Å²) in [6, 6.07) is 11.9. The zero-order chi connectivity index (χ0) is 17.5. The van der Waals surface area contributed by atoms with Crippen LogP contribution in [0.2, 0.25) is 0 Å². The van der Waals surface area contributed by atoms with Gasteiger partial charge in [0, 0.05) is 6.54 Å². The molecule has 0 unspecified atom stereocenters. The van der Waals surface area contributed by atoms with Crippen molar-refractivity contribution in [2.24, 2.45) is 0 Å². The molecule has 0 heterocycles. The summed E-state index contributed by atoms with van der Waals surface area (Å²) in [5, 5.41) is 11.5. The summed E-state index contributed by atoms with van der Waals surface area (Å²) in [5.74, 6) is 0.337. The summed E-state index contributed by atoms with van der Waals surface area (Å²) in [7, 11) is 1.58. The Bertz CT molecular complexity index is 718. The molecule has 2 N–H and O–H groups in total. The minimum absolute atomic E-state index is 0.0917. The first-order valence-corrected chi connectivity index (χ1v) is 8.26. The number of carboxylic acids is 1. The molecule has 2 rings (SSSR count). The third kappa shape index (κ3) is 5.25. The molecule has 24 heavy (non-hydrogen) atoms. The van der Waals surface area contributed by atoms with Crippen LogP contribution in [-0.2, 0) is 17.9 Å². The lowest BCUT2D eigenvalue weighted by Crippen LogP contribution is -2.21. The van der Waals surface area contributed by atoms with E-state index < -0.39 is 5.97 Å². The van der Waals surface area contributed by atoms with Gasteiger partial charge in [-0.3, -0.25) is 4.79 Å². The number of rotatable bonds is 8. The molecule has 0 bridgehead atoms. The molecular formula is C18H20BrNO4. The summed E-state index contributed by atoms with van der Waals surface area (Å²) in [6.45, 7) is 2.82. The van der Waals surface area contributed by atoms with Gasteiger partial charge in [0.2, 0.25) is 0 Å². The van der Waals surface area contributed by atoms with Crippen LogP contribution in [0.1, 0.15) is 16.7 Å². The number of ether oxygens (including phenoxy) is 2. The van der Waals surface area contributed by atoms with Crippen LogP contribution in [0, 0.1) is 6.92 Å². The standard InChI is InChI=1S/C18H20BrNO4/c1-12-4-3-5-13(6-12)11-24-18-15(19)7-14(8-16(18)23-2)9-20-10-17(21)22/h3-8,20H,9-11H2,1-2H3,(H,21,22). The van der Waals surface area contributed by atoms with E-state index >= 15 is 0 Å². The summed E-state index contributed by atoms with van der Waals surface area (Å²) in [6.07, 6.45) is 0. The van der Waals surface area contributed by atoms with Crippen molar-refractivity contribution >= 4 is 21.9 Å². The van der Waals surface area contributed by atoms with Crippen LogP contribution in [0.3, 0.4) is 0 Å². The molecule has 6 heteroatoms. The van der Waals surface area contributed by atoms with E-state index in [2.05, 4.69) is 27.3 Å². The van der Waals surface area contributed by atoms with Crippen LogP contribution >= 0.6 is 15.9 Å². The van der Waals surface area contributed by atoms with Crippen molar-refractivity contribution in [3.63, 3.8) is 0 Å². The Morgan fingerprint density at radius 3 is 2.71 bits per heavy atom. The molecule has 0 aromatic heterocycles. The van der Waals surface area contributed by atoms with Crippen molar-refractivity contribution in [3.05, 3.63) is 57.6 Å². The third-order valence-electron chi connectivity index (χ3n) is 3.36. The van der Waals surface area contributed by atoms with Crippen LogP contribution in [-0.4, -0.2) is 24.7 Å². The fraction of sp³-hybridized carbons (Fsp3) is 0.278. The van der Waals surface area contributed by atoms with E-state index in [1.165, 1.54) is 5.56 Å². The number of carboxylic acid groups (broad SMARTS) is 1. The van der Waals surface area contributed by atoms with Crippen molar-refractivity contribution < 1.29 is 19.4 Å². The second-order valence-electron chi connectivity index (χ2n) is 5.38. The summed E-state index contributed by atoms with van der Waals surface area (Å²) >= 11 is 3.50. The number of benzene rings is 2. The summed E-state index contributed by atoms with van der Waals surface area (Å²) in [4.78, 5) is 10.6. The number of nitrogens with one attached hydrogen (secondary N) is 1. The van der Waals surface area contributed by atoms with Gasteiger partial charge in [-0.2, -0.15) is 0 Å². The molecule has 128 valence electrons. The minimum Gasteiger partial charge on any atom is -0.493 e. The Balaban J connectivity index is 2.10. The van der Waals surface area contributed by atoms with Crippen LogP contribution in [0.5, 0.6) is 11.5 Å². The number of aliphatic carboxylic acids is 1. The molecule has 0 aliphatic rings. The van der Waals surface area contributed by atoms with Crippen molar-refractivity contribution in [1.29, 1.82) is 0 Å². The van der Waals surface area contributed by atoms with Gasteiger partial charge in [0.1, 0.15) is 6.61 Å². The molecule has 0 atom stereocenters. The molecule has 5 nitrogen and oxygen atoms in total. The van der Waals surface area contributed by atoms with Crippen LogP contribution < -0.4 is 14.8 Å². The lowest BCUT2D eigenvalue weighted by molar-refractivity contribution is -0.135. The zero-order valence-electron chi connectivity index (χ0n) is 13.6. The van der Waals surface area contributed by atoms with E-state index in [0.717, 1.165) is 15.6 Å². The third-order valence-corrected chi connectivity index (χ3v) is 3.95. The minimum atomic E-state index is -0.890. The highest BCUT2D eigenvalue weighted by molar-refractivity contribution is 9.10. The van der Waals surface area contributed by atoms with Crippen molar-refractivity contribution in [2.45, 2.75) is 20.1 Å². The predicted molar refractivity (Wildman–Crippen MR) is 95.5 cm³/mol. The van der Waals surface area contributed by atoms with Crippen molar-refractivity contribution in [2.75, 3.05) is 13.7 Å². The maximum absolute atomic E-state index is 10.6. The van der Waals surface area contributed by atoms with Gasteiger partial charge in [0.05, 0.1) is 18.1 Å². The van der Waals surface area contributed by atoms with E-state index in [1.807, 2.05) is 37.3 Å². The summed E-state index contributed by atoms with van der Waals surface area (Å²) in [5.41, 5.74) is 3.17. The molecule has 0 aliphatic carbocycles. The molecule has 0 saturated heterocycles. The van der Waals surface area contributed by atoms with Crippen LogP contribution in [0.4, 0.5) is 0 Å². The van der Waals surface area contributed by atoms with Crippen molar-refractivity contribution in [1.82, 2.24) is 5.32 Å². The highest BCUT2D eigenvalue weighted by atomic mass is 79.9. The zero-order valence-corrected chi connectivity index (χ0v) is 15.2. The average Bonchev–Trinajstić information content (AvgIpc) is 2.53. The summed E-state index contributed by atoms with van der Waals surface area (Å²) < 4.78 is 12.1. The van der Waals surface area contributed by atoms with Gasteiger partial charge in [-0.25, -0.2) is 0 Å². The number of aryl methyl sites for hydroxylation is 1. The first-order valence-electron chi connectivity index (χ1n) is 7.47. The Labute approximate surface area is 149 Å². The maximum atomic E-state index is 10.6. The first kappa shape index (κ1) is 18.3. The number of halogens is 1. The molecule has 0 saturated carbocycles. The van der Waals surface area contributed by atoms with Gasteiger partial charge in [0.25, 0.3) is 0 Å². The fourth-order valence-electron chi connectivity index (χ4n) is 2.29. The second-order valence-corrected chi connectivity index (χ2v) is 6.24. The Morgan fingerprint density at radius 2 is 2.04 bits per heavy atom. The lowest BCUT2D eigenvalue weighted by Gasteiger charge is -2.15. The number of hydrogen-bond donors (Lipinski definition) is 2. The van der Waals surface area contributed by atoms with Gasteiger partial charge in [0.15, 0.2) is 11.5 Å². The van der Waals surface area contributed by atoms with E-state index in [9.17, 15) is 4.79 Å². The molecule has 0 aliphatic heterocycles. The number of carbonyl (C=O) groups is 1. The fourth-order valence-corrected chi connectivity index (χ4v) is 2.89. The van der Waals surface area contributed by atoms with Gasteiger partial charge in [-0.1, -0.05) is 29.8 Å². The molecule has 2 aromatic rings. The smallest absolute Gasteiger partial charge is 0.317 e. The molecule has 0 radical (unpaired) electrons. The highest BCUT2D eigenvalue weighted by Gasteiger charge is 2.12. The number of hydrogen-bond acceptors (Lipinski definition) is 4. The molecule has 0 spiro atoms. The molecule has 0 amide bonds. The molecule has 2 aromatic carbocycles. The molecular weight excluding hydrogens is 374 g/mol. The predicted octanol–water partition coefficient (Wildman–Crippen LogP) is 3.52. The van der Waals surface area contributed by atoms with Gasteiger partial charge in [-0.15, -0.1) is 0 Å². The Hall–Kier alpha value is -2.05. The van der Waals surface area contributed by atoms with E-state index in [4.69, 9.17) is 14.6 Å². The van der Waals surface area contributed by atoms with Crippen LogP contribution in [0.15, 0.2) is 40.9 Å². The topological polar surface area (TPSA) is 67.8 Å². The second kappa shape index (κ2) is 8.70. The normalized spacial score (nSPS) is 10.5. The van der Waals surface area contributed by atoms with Crippen LogP contribution in [0.25, 0.3) is 0 Å². The lowest BCUT2D eigenvalue weighted by atomic mass is 10.1. The Morgan fingerprint density at radius 1 is 1.25 bits per heavy atom. The van der Waals surface area contributed by atoms with Gasteiger partial charge in [-0.05, 0) is 46.1 Å². The Kier molecular flexibility index (Phi) is 6.63. The first-order chi connectivity index (χ1) is 11.5. The monoisotopic (exact) mass is 393 g/mol. The largest absolute Gasteiger partial charge is 0.493 e. The van der Waals surface area contributed by atoms with E-state index in [1.54, 1.807) is 7.11 Å². The van der Waals surface area contributed by atoms with E-state index in [-0.39, 0.29) is 6.54 Å². The van der Waals surface area contributed by atoms with E-state index in [0.29, 0.717) is 24.7 Å². The molecule has 0 fully saturated rings. The van der Waals surface area contributed by atoms with Crippen molar-refractivity contribution in [3.8, 4) is 11.5 Å². The number of methoxy groups -OCH3 is 1.